The zero-order chi connectivity index (χ0) is 15.5. The molecule has 1 aliphatic rings. The van der Waals surface area contributed by atoms with Crippen LogP contribution in [0.4, 0.5) is 0 Å². The van der Waals surface area contributed by atoms with Crippen LogP contribution in [0, 0.1) is 0 Å². The highest BCUT2D eigenvalue weighted by molar-refractivity contribution is 5.94. The molecule has 2 heterocycles. The van der Waals surface area contributed by atoms with Gasteiger partial charge in [0.05, 0.1) is 6.54 Å². The summed E-state index contributed by atoms with van der Waals surface area (Å²) in [4.78, 5) is 22.8. The topological polar surface area (TPSA) is 98.0 Å². The fourth-order valence-electron chi connectivity index (χ4n) is 2.04. The average Bonchev–Trinajstić information content (AvgIpc) is 3.01. The summed E-state index contributed by atoms with van der Waals surface area (Å²) in [5, 5.41) is 11.4. The van der Waals surface area contributed by atoms with Crippen molar-refractivity contribution in [3.63, 3.8) is 0 Å². The number of carboxylic acids is 1. The van der Waals surface area contributed by atoms with E-state index < -0.39 is 5.97 Å². The van der Waals surface area contributed by atoms with Crippen molar-refractivity contribution in [3.05, 3.63) is 47.4 Å². The molecule has 0 fully saturated rings. The smallest absolute Gasteiger partial charge is 0.371 e. The molecular formula is C15H13NO6. The molecule has 7 heteroatoms. The first-order valence-corrected chi connectivity index (χ1v) is 6.63. The SMILES string of the molecule is O=C(NCc1ccc(C(=O)O)o1)c1ccc2c(c1)OCCO2. The molecule has 2 aromatic rings. The maximum atomic E-state index is 12.1. The predicted molar refractivity (Wildman–Crippen MR) is 74.3 cm³/mol. The Kier molecular flexibility index (Phi) is 3.69. The maximum Gasteiger partial charge on any atom is 0.371 e. The number of amides is 1. The van der Waals surface area contributed by atoms with Crippen molar-refractivity contribution < 1.29 is 28.6 Å². The fourth-order valence-corrected chi connectivity index (χ4v) is 2.04. The molecule has 2 N–H and O–H groups in total. The highest BCUT2D eigenvalue weighted by Crippen LogP contribution is 2.30. The first-order valence-electron chi connectivity index (χ1n) is 6.63. The molecule has 114 valence electrons. The predicted octanol–water partition coefficient (Wildman–Crippen LogP) is 1.68. The lowest BCUT2D eigenvalue weighted by atomic mass is 10.2. The molecular weight excluding hydrogens is 290 g/mol. The molecule has 7 nitrogen and oxygen atoms in total. The van der Waals surface area contributed by atoms with Gasteiger partial charge < -0.3 is 24.3 Å². The van der Waals surface area contributed by atoms with E-state index in [4.69, 9.17) is 19.0 Å². The maximum absolute atomic E-state index is 12.1. The van der Waals surface area contributed by atoms with Gasteiger partial charge in [-0.3, -0.25) is 4.79 Å². The number of carboxylic acid groups (broad SMARTS) is 1. The van der Waals surface area contributed by atoms with Gasteiger partial charge in [-0.1, -0.05) is 0 Å². The molecule has 1 aromatic heterocycles. The molecule has 1 aliphatic heterocycles. The third-order valence-electron chi connectivity index (χ3n) is 3.10. The van der Waals surface area contributed by atoms with Crippen LogP contribution in [0.25, 0.3) is 0 Å². The van der Waals surface area contributed by atoms with Crippen LogP contribution in [-0.4, -0.2) is 30.2 Å². The number of hydrogen-bond acceptors (Lipinski definition) is 5. The Balaban J connectivity index is 1.65. The van der Waals surface area contributed by atoms with Crippen LogP contribution in [0.2, 0.25) is 0 Å². The third-order valence-corrected chi connectivity index (χ3v) is 3.10. The summed E-state index contributed by atoms with van der Waals surface area (Å²) in [6.07, 6.45) is 0. The zero-order valence-corrected chi connectivity index (χ0v) is 11.5. The molecule has 0 saturated carbocycles. The van der Waals surface area contributed by atoms with E-state index >= 15 is 0 Å². The number of carbonyl (C=O) groups is 2. The van der Waals surface area contributed by atoms with Gasteiger partial charge in [0.15, 0.2) is 11.5 Å². The first kappa shape index (κ1) is 14.0. The van der Waals surface area contributed by atoms with E-state index in [2.05, 4.69) is 5.32 Å². The van der Waals surface area contributed by atoms with Gasteiger partial charge >= 0.3 is 5.97 Å². The van der Waals surface area contributed by atoms with Crippen LogP contribution < -0.4 is 14.8 Å². The number of benzene rings is 1. The van der Waals surface area contributed by atoms with E-state index in [1.54, 1.807) is 18.2 Å². The number of rotatable bonds is 4. The summed E-state index contributed by atoms with van der Waals surface area (Å²) < 4.78 is 15.9. The Morgan fingerprint density at radius 3 is 2.59 bits per heavy atom. The molecule has 1 amide bonds. The van der Waals surface area contributed by atoms with Gasteiger partial charge in [-0.2, -0.15) is 0 Å². The standard InChI is InChI=1S/C15H13NO6/c17-14(16-8-10-2-4-12(22-10)15(18)19)9-1-3-11-13(7-9)21-6-5-20-11/h1-4,7H,5-6,8H2,(H,16,17)(H,18,19). The minimum Gasteiger partial charge on any atom is -0.486 e. The van der Waals surface area contributed by atoms with Gasteiger partial charge in [0.2, 0.25) is 5.76 Å². The van der Waals surface area contributed by atoms with Gasteiger partial charge in [0, 0.05) is 5.56 Å². The first-order chi connectivity index (χ1) is 10.6. The second-order valence-electron chi connectivity index (χ2n) is 4.61. The van der Waals surface area contributed by atoms with Crippen LogP contribution in [0.3, 0.4) is 0 Å². The van der Waals surface area contributed by atoms with E-state index in [1.807, 2.05) is 0 Å². The molecule has 0 saturated heterocycles. The molecule has 0 unspecified atom stereocenters. The second kappa shape index (κ2) is 5.80. The lowest BCUT2D eigenvalue weighted by Crippen LogP contribution is -2.23. The molecule has 0 radical (unpaired) electrons. The average molecular weight is 303 g/mol. The summed E-state index contributed by atoms with van der Waals surface area (Å²) in [5.74, 6) is -0.119. The lowest BCUT2D eigenvalue weighted by Gasteiger charge is -2.18. The van der Waals surface area contributed by atoms with Crippen LogP contribution >= 0.6 is 0 Å². The second-order valence-corrected chi connectivity index (χ2v) is 4.61. The monoisotopic (exact) mass is 303 g/mol. The van der Waals surface area contributed by atoms with Gasteiger partial charge in [-0.25, -0.2) is 4.79 Å². The van der Waals surface area contributed by atoms with Crippen molar-refractivity contribution in [3.8, 4) is 11.5 Å². The number of hydrogen-bond donors (Lipinski definition) is 2. The number of carbonyl (C=O) groups excluding carboxylic acids is 1. The molecule has 0 aliphatic carbocycles. The Labute approximate surface area is 125 Å². The number of nitrogens with one attached hydrogen (secondary N) is 1. The minimum absolute atomic E-state index is 0.0978. The Morgan fingerprint density at radius 1 is 1.09 bits per heavy atom. The summed E-state index contributed by atoms with van der Waals surface area (Å²) in [7, 11) is 0. The van der Waals surface area contributed by atoms with Gasteiger partial charge in [-0.15, -0.1) is 0 Å². The van der Waals surface area contributed by atoms with Gasteiger partial charge in [0.1, 0.15) is 19.0 Å². The van der Waals surface area contributed by atoms with E-state index in [-0.39, 0.29) is 18.2 Å². The summed E-state index contributed by atoms with van der Waals surface area (Å²) in [6.45, 7) is 1.03. The van der Waals surface area contributed by atoms with Crippen molar-refractivity contribution in [1.82, 2.24) is 5.32 Å². The minimum atomic E-state index is -1.15. The van der Waals surface area contributed by atoms with Crippen molar-refractivity contribution in [1.29, 1.82) is 0 Å². The van der Waals surface area contributed by atoms with Gasteiger partial charge in [0.25, 0.3) is 5.91 Å². The van der Waals surface area contributed by atoms with E-state index in [1.165, 1.54) is 12.1 Å². The lowest BCUT2D eigenvalue weighted by molar-refractivity contribution is 0.0660. The largest absolute Gasteiger partial charge is 0.486 e. The normalized spacial score (nSPS) is 12.7. The van der Waals surface area contributed by atoms with Gasteiger partial charge in [-0.05, 0) is 30.3 Å². The quantitative estimate of drug-likeness (QED) is 0.891. The summed E-state index contributed by atoms with van der Waals surface area (Å²) in [6, 6.07) is 7.77. The van der Waals surface area contributed by atoms with Crippen molar-refractivity contribution in [2.45, 2.75) is 6.54 Å². The summed E-state index contributed by atoms with van der Waals surface area (Å²) >= 11 is 0. The van der Waals surface area contributed by atoms with E-state index in [0.29, 0.717) is 36.0 Å². The fraction of sp³-hybridized carbons (Fsp3) is 0.200. The third kappa shape index (κ3) is 2.88. The number of ether oxygens (including phenoxy) is 2. The van der Waals surface area contributed by atoms with Crippen LogP contribution in [0.5, 0.6) is 11.5 Å². The molecule has 0 atom stereocenters. The van der Waals surface area contributed by atoms with Crippen molar-refractivity contribution in [2.75, 3.05) is 13.2 Å². The van der Waals surface area contributed by atoms with Crippen LogP contribution in [0.15, 0.2) is 34.7 Å². The summed E-state index contributed by atoms with van der Waals surface area (Å²) in [5.41, 5.74) is 0.425. The molecule has 1 aromatic carbocycles. The van der Waals surface area contributed by atoms with Crippen LogP contribution in [0.1, 0.15) is 26.7 Å². The van der Waals surface area contributed by atoms with Crippen molar-refractivity contribution >= 4 is 11.9 Å². The Hall–Kier alpha value is -2.96. The molecule has 22 heavy (non-hydrogen) atoms. The number of aromatic carboxylic acids is 1. The number of furan rings is 1. The molecule has 3 rings (SSSR count). The highest BCUT2D eigenvalue weighted by atomic mass is 16.6. The van der Waals surface area contributed by atoms with E-state index in [0.717, 1.165) is 0 Å². The molecule has 0 spiro atoms. The molecule has 0 bridgehead atoms. The van der Waals surface area contributed by atoms with Crippen LogP contribution in [-0.2, 0) is 6.54 Å². The number of fused-ring (bicyclic) bond motifs is 1. The van der Waals surface area contributed by atoms with E-state index in [9.17, 15) is 9.59 Å². The van der Waals surface area contributed by atoms with Crippen molar-refractivity contribution in [2.24, 2.45) is 0 Å². The highest BCUT2D eigenvalue weighted by Gasteiger charge is 2.15. The Morgan fingerprint density at radius 2 is 1.86 bits per heavy atom. The Bertz CT molecular complexity index is 721. The zero-order valence-electron chi connectivity index (χ0n) is 11.5.